The first-order chi connectivity index (χ1) is 18.7. The summed E-state index contributed by atoms with van der Waals surface area (Å²) in [6, 6.07) is 15.5. The quantitative estimate of drug-likeness (QED) is 0.400. The van der Waals surface area contributed by atoms with E-state index in [0.29, 0.717) is 50.6 Å². The van der Waals surface area contributed by atoms with Gasteiger partial charge in [-0.2, -0.15) is 0 Å². The zero-order valence-electron chi connectivity index (χ0n) is 21.3. The van der Waals surface area contributed by atoms with E-state index in [1.165, 1.54) is 9.75 Å². The lowest BCUT2D eigenvalue weighted by molar-refractivity contribution is 0.0168. The highest BCUT2D eigenvalue weighted by Gasteiger charge is 2.27. The average molecular weight is 555 g/mol. The van der Waals surface area contributed by atoms with E-state index in [4.69, 9.17) is 9.47 Å². The molecule has 10 heteroatoms. The van der Waals surface area contributed by atoms with Gasteiger partial charge in [0, 0.05) is 49.0 Å². The lowest BCUT2D eigenvalue weighted by atomic mass is 10.1. The van der Waals surface area contributed by atoms with Gasteiger partial charge in [0.2, 0.25) is 0 Å². The van der Waals surface area contributed by atoms with Crippen molar-refractivity contribution in [2.75, 3.05) is 65.7 Å². The van der Waals surface area contributed by atoms with E-state index in [1.807, 2.05) is 12.1 Å². The number of hydrogen-bond donors (Lipinski definition) is 2. The number of amides is 2. The van der Waals surface area contributed by atoms with Crippen molar-refractivity contribution in [3.63, 3.8) is 0 Å². The van der Waals surface area contributed by atoms with Crippen LogP contribution in [0.25, 0.3) is 0 Å². The normalized spacial score (nSPS) is 18.5. The van der Waals surface area contributed by atoms with Crippen LogP contribution in [0.3, 0.4) is 0 Å². The van der Waals surface area contributed by atoms with Crippen LogP contribution in [0.1, 0.15) is 42.6 Å². The molecular formula is C28H34N4O4S2. The Labute approximate surface area is 231 Å². The number of rotatable bonds is 10. The molecular weight excluding hydrogens is 520 g/mol. The predicted octanol–water partition coefficient (Wildman–Crippen LogP) is 3.42. The maximum Gasteiger partial charge on any atom is 0.252 e. The van der Waals surface area contributed by atoms with Crippen LogP contribution in [0.15, 0.2) is 59.3 Å². The van der Waals surface area contributed by atoms with Crippen LogP contribution < -0.4 is 10.6 Å². The van der Waals surface area contributed by atoms with Gasteiger partial charge in [-0.1, -0.05) is 24.3 Å². The minimum atomic E-state index is -0.242. The van der Waals surface area contributed by atoms with Crippen LogP contribution in [-0.4, -0.2) is 87.3 Å². The van der Waals surface area contributed by atoms with Gasteiger partial charge >= 0.3 is 0 Å². The van der Waals surface area contributed by atoms with E-state index >= 15 is 0 Å². The molecule has 0 aliphatic carbocycles. The molecule has 5 rings (SSSR count). The number of morpholine rings is 2. The van der Waals surface area contributed by atoms with Gasteiger partial charge in [0.15, 0.2) is 0 Å². The molecule has 2 aliphatic heterocycles. The van der Waals surface area contributed by atoms with E-state index < -0.39 is 0 Å². The monoisotopic (exact) mass is 554 g/mol. The maximum absolute atomic E-state index is 13.3. The molecule has 4 heterocycles. The molecule has 2 atom stereocenters. The first kappa shape index (κ1) is 27.0. The van der Waals surface area contributed by atoms with Gasteiger partial charge in [0.05, 0.1) is 49.6 Å². The second-order valence-corrected chi connectivity index (χ2v) is 11.3. The molecule has 38 heavy (non-hydrogen) atoms. The lowest BCUT2D eigenvalue weighted by Gasteiger charge is -2.34. The second-order valence-electron chi connectivity index (χ2n) is 9.32. The van der Waals surface area contributed by atoms with E-state index in [1.54, 1.807) is 46.9 Å². The Balaban J connectivity index is 1.25. The number of benzene rings is 1. The molecule has 2 fully saturated rings. The van der Waals surface area contributed by atoms with E-state index in [2.05, 4.69) is 43.3 Å². The third-order valence-corrected chi connectivity index (χ3v) is 8.99. The second kappa shape index (κ2) is 13.5. The third kappa shape index (κ3) is 6.69. The number of ether oxygens (including phenoxy) is 2. The maximum atomic E-state index is 13.3. The zero-order chi connectivity index (χ0) is 26.2. The first-order valence-electron chi connectivity index (χ1n) is 13.1. The Bertz CT molecular complexity index is 1070. The highest BCUT2D eigenvalue weighted by molar-refractivity contribution is 7.10. The van der Waals surface area contributed by atoms with Gasteiger partial charge in [-0.25, -0.2) is 0 Å². The van der Waals surface area contributed by atoms with Crippen molar-refractivity contribution in [3.05, 3.63) is 80.2 Å². The van der Waals surface area contributed by atoms with Crippen molar-refractivity contribution >= 4 is 34.5 Å². The highest BCUT2D eigenvalue weighted by Crippen LogP contribution is 2.27. The van der Waals surface area contributed by atoms with Crippen LogP contribution in [0.4, 0.5) is 0 Å². The van der Waals surface area contributed by atoms with Crippen LogP contribution >= 0.6 is 22.7 Å². The molecule has 0 saturated carbocycles. The van der Waals surface area contributed by atoms with Crippen molar-refractivity contribution in [3.8, 4) is 0 Å². The molecule has 2 aliphatic rings. The van der Waals surface area contributed by atoms with Crippen LogP contribution in [0, 0.1) is 0 Å². The largest absolute Gasteiger partial charge is 0.379 e. The van der Waals surface area contributed by atoms with Gasteiger partial charge in [0.25, 0.3) is 11.8 Å². The van der Waals surface area contributed by atoms with Gasteiger partial charge in [-0.3, -0.25) is 19.4 Å². The van der Waals surface area contributed by atoms with Crippen LogP contribution in [0.5, 0.6) is 0 Å². The summed E-state index contributed by atoms with van der Waals surface area (Å²) >= 11 is 3.38. The van der Waals surface area contributed by atoms with Crippen molar-refractivity contribution in [1.29, 1.82) is 0 Å². The third-order valence-electron chi connectivity index (χ3n) is 7.04. The molecule has 0 unspecified atom stereocenters. The number of hydrogen-bond acceptors (Lipinski definition) is 8. The number of nitrogens with one attached hydrogen (secondary N) is 2. The molecule has 2 amide bonds. The van der Waals surface area contributed by atoms with Crippen molar-refractivity contribution in [2.24, 2.45) is 0 Å². The Kier molecular flexibility index (Phi) is 9.56. The van der Waals surface area contributed by atoms with E-state index in [0.717, 1.165) is 26.2 Å². The summed E-state index contributed by atoms with van der Waals surface area (Å²) in [4.78, 5) is 33.8. The fourth-order valence-corrected chi connectivity index (χ4v) is 6.73. The van der Waals surface area contributed by atoms with E-state index in [-0.39, 0.29) is 23.9 Å². The molecule has 8 nitrogen and oxygen atoms in total. The summed E-state index contributed by atoms with van der Waals surface area (Å²) in [5.74, 6) is -0.484. The van der Waals surface area contributed by atoms with Gasteiger partial charge in [-0.05, 0) is 35.0 Å². The van der Waals surface area contributed by atoms with Gasteiger partial charge in [0.1, 0.15) is 0 Å². The summed E-state index contributed by atoms with van der Waals surface area (Å²) in [6.45, 7) is 6.99. The Morgan fingerprint density at radius 3 is 1.47 bits per heavy atom. The van der Waals surface area contributed by atoms with Crippen LogP contribution in [-0.2, 0) is 9.47 Å². The Hall–Kier alpha value is -2.60. The summed E-state index contributed by atoms with van der Waals surface area (Å²) in [7, 11) is 0. The van der Waals surface area contributed by atoms with Crippen molar-refractivity contribution in [1.82, 2.24) is 20.4 Å². The number of thiophene rings is 2. The minimum absolute atomic E-state index is 0.0731. The topological polar surface area (TPSA) is 83.1 Å². The highest BCUT2D eigenvalue weighted by atomic mass is 32.1. The van der Waals surface area contributed by atoms with Gasteiger partial charge in [-0.15, -0.1) is 22.7 Å². The lowest BCUT2D eigenvalue weighted by Crippen LogP contribution is -2.44. The van der Waals surface area contributed by atoms with Crippen molar-refractivity contribution in [2.45, 2.75) is 12.1 Å². The zero-order valence-corrected chi connectivity index (χ0v) is 23.0. The Morgan fingerprint density at radius 1 is 0.684 bits per heavy atom. The predicted molar refractivity (Wildman–Crippen MR) is 150 cm³/mol. The summed E-state index contributed by atoms with van der Waals surface area (Å²) in [5.41, 5.74) is 0.770. The Morgan fingerprint density at radius 2 is 1.11 bits per heavy atom. The molecule has 0 radical (unpaired) electrons. The smallest absolute Gasteiger partial charge is 0.252 e. The molecule has 202 valence electrons. The minimum Gasteiger partial charge on any atom is -0.379 e. The molecule has 2 saturated heterocycles. The summed E-state index contributed by atoms with van der Waals surface area (Å²) in [5, 5.41) is 10.3. The average Bonchev–Trinajstić information content (AvgIpc) is 3.70. The fourth-order valence-electron chi connectivity index (χ4n) is 5.01. The first-order valence-corrected chi connectivity index (χ1v) is 14.8. The van der Waals surface area contributed by atoms with Crippen LogP contribution in [0.2, 0.25) is 0 Å². The fraction of sp³-hybridized carbons (Fsp3) is 0.429. The number of nitrogens with zero attached hydrogens (tertiary/aromatic N) is 2. The van der Waals surface area contributed by atoms with Gasteiger partial charge < -0.3 is 20.1 Å². The number of carbonyl (C=O) groups excluding carboxylic acids is 2. The molecule has 0 bridgehead atoms. The molecule has 1 aromatic carbocycles. The molecule has 3 aromatic rings. The molecule has 2 aromatic heterocycles. The number of carbonyl (C=O) groups is 2. The molecule has 2 N–H and O–H groups in total. The SMILES string of the molecule is O=C(NC[C@H](c1cccs1)N1CCOCC1)c1ccccc1C(=O)NC[C@H](c1cccs1)N1CCOCC1. The van der Waals surface area contributed by atoms with Crippen molar-refractivity contribution < 1.29 is 19.1 Å². The summed E-state index contributed by atoms with van der Waals surface area (Å²) in [6.07, 6.45) is 0. The standard InChI is InChI=1S/C28H34N4O4S2/c33-27(29-19-23(25-7-3-17-37-25)31-9-13-35-14-10-31)21-5-1-2-6-22(21)28(34)30-20-24(26-8-4-18-38-26)32-11-15-36-16-12-32/h1-8,17-18,23-24H,9-16,19-20H2,(H,29,33)(H,30,34)/t23-,24-/m1/s1. The molecule has 0 spiro atoms. The summed E-state index contributed by atoms with van der Waals surface area (Å²) < 4.78 is 11.1. The van der Waals surface area contributed by atoms with E-state index in [9.17, 15) is 9.59 Å².